The highest BCUT2D eigenvalue weighted by Gasteiger charge is 2.16. The molecular formula is C11H19N3O2S. The van der Waals surface area contributed by atoms with Gasteiger partial charge >= 0.3 is 0 Å². The lowest BCUT2D eigenvalue weighted by Gasteiger charge is -2.30. The first-order valence-corrected chi connectivity index (χ1v) is 6.33. The van der Waals surface area contributed by atoms with Crippen LogP contribution in [0.1, 0.15) is 18.7 Å². The smallest absolute Gasteiger partial charge is 0.177 e. The molecule has 6 heteroatoms. The standard InChI is InChI=1S/C11H19N3O2S/c1-9(7-13-2-4-16-5-3-13)14-10(8-15)6-12-11(14)17/h6,9,15H,2-5,7-8H2,1H3,(H,12,17). The molecule has 17 heavy (non-hydrogen) atoms. The number of aromatic nitrogens is 2. The summed E-state index contributed by atoms with van der Waals surface area (Å²) in [5, 5.41) is 9.27. The zero-order valence-corrected chi connectivity index (χ0v) is 10.9. The summed E-state index contributed by atoms with van der Waals surface area (Å²) in [7, 11) is 0. The third-order valence-corrected chi connectivity index (χ3v) is 3.43. The number of nitrogens with one attached hydrogen (secondary N) is 1. The molecular weight excluding hydrogens is 238 g/mol. The zero-order chi connectivity index (χ0) is 12.3. The number of hydrogen-bond donors (Lipinski definition) is 2. The van der Waals surface area contributed by atoms with Crippen molar-refractivity contribution in [1.29, 1.82) is 0 Å². The van der Waals surface area contributed by atoms with Crippen molar-refractivity contribution in [2.75, 3.05) is 32.8 Å². The molecule has 1 fully saturated rings. The number of aromatic amines is 1. The van der Waals surface area contributed by atoms with E-state index >= 15 is 0 Å². The van der Waals surface area contributed by atoms with E-state index in [4.69, 9.17) is 17.0 Å². The first kappa shape index (κ1) is 12.8. The second kappa shape index (κ2) is 5.77. The van der Waals surface area contributed by atoms with Crippen LogP contribution in [-0.4, -0.2) is 52.4 Å². The summed E-state index contributed by atoms with van der Waals surface area (Å²) in [6.07, 6.45) is 1.78. The van der Waals surface area contributed by atoms with Gasteiger partial charge in [-0.1, -0.05) is 0 Å². The lowest BCUT2D eigenvalue weighted by Crippen LogP contribution is -2.39. The van der Waals surface area contributed by atoms with Gasteiger partial charge in [-0.25, -0.2) is 0 Å². The number of imidazole rings is 1. The highest BCUT2D eigenvalue weighted by atomic mass is 32.1. The Morgan fingerprint density at radius 1 is 1.53 bits per heavy atom. The number of aliphatic hydroxyl groups is 1. The monoisotopic (exact) mass is 257 g/mol. The molecule has 1 aromatic rings. The molecule has 5 nitrogen and oxygen atoms in total. The van der Waals surface area contributed by atoms with Crippen LogP contribution in [0.5, 0.6) is 0 Å². The molecule has 1 saturated heterocycles. The fraction of sp³-hybridized carbons (Fsp3) is 0.727. The van der Waals surface area contributed by atoms with Crippen molar-refractivity contribution < 1.29 is 9.84 Å². The molecule has 2 rings (SSSR count). The van der Waals surface area contributed by atoms with Crippen LogP contribution in [0, 0.1) is 4.77 Å². The zero-order valence-electron chi connectivity index (χ0n) is 10.1. The summed E-state index contributed by atoms with van der Waals surface area (Å²) >= 11 is 5.24. The molecule has 0 aromatic carbocycles. The largest absolute Gasteiger partial charge is 0.390 e. The molecule has 2 heterocycles. The van der Waals surface area contributed by atoms with Crippen LogP contribution < -0.4 is 0 Å². The van der Waals surface area contributed by atoms with Gasteiger partial charge in [0.05, 0.1) is 25.5 Å². The molecule has 1 atom stereocenters. The maximum absolute atomic E-state index is 9.27. The Kier molecular flexibility index (Phi) is 4.33. The Balaban J connectivity index is 2.05. The molecule has 2 N–H and O–H groups in total. The Hall–Kier alpha value is -0.690. The van der Waals surface area contributed by atoms with Crippen molar-refractivity contribution in [1.82, 2.24) is 14.5 Å². The van der Waals surface area contributed by atoms with Gasteiger partial charge < -0.3 is 19.4 Å². The number of rotatable bonds is 4. The minimum Gasteiger partial charge on any atom is -0.390 e. The van der Waals surface area contributed by atoms with Gasteiger partial charge in [0.15, 0.2) is 4.77 Å². The van der Waals surface area contributed by atoms with Gasteiger partial charge in [0.1, 0.15) is 0 Å². The second-order valence-corrected chi connectivity index (χ2v) is 4.76. The second-order valence-electron chi connectivity index (χ2n) is 4.38. The van der Waals surface area contributed by atoms with E-state index < -0.39 is 0 Å². The van der Waals surface area contributed by atoms with Crippen molar-refractivity contribution in [3.63, 3.8) is 0 Å². The fourth-order valence-corrected chi connectivity index (χ4v) is 2.61. The maximum Gasteiger partial charge on any atom is 0.177 e. The van der Waals surface area contributed by atoms with Crippen LogP contribution in [0.4, 0.5) is 0 Å². The van der Waals surface area contributed by atoms with Crippen molar-refractivity contribution >= 4 is 12.2 Å². The lowest BCUT2D eigenvalue weighted by atomic mass is 10.2. The molecule has 0 aliphatic carbocycles. The quantitative estimate of drug-likeness (QED) is 0.788. The summed E-state index contributed by atoms with van der Waals surface area (Å²) in [5.74, 6) is 0. The average Bonchev–Trinajstić information content (AvgIpc) is 2.71. The molecule has 1 aromatic heterocycles. The van der Waals surface area contributed by atoms with E-state index in [1.807, 2.05) is 4.57 Å². The fourth-order valence-electron chi connectivity index (χ4n) is 2.26. The molecule has 0 spiro atoms. The first-order valence-electron chi connectivity index (χ1n) is 5.92. The van der Waals surface area contributed by atoms with E-state index in [0.29, 0.717) is 4.77 Å². The van der Waals surface area contributed by atoms with Crippen LogP contribution in [-0.2, 0) is 11.3 Å². The summed E-state index contributed by atoms with van der Waals surface area (Å²) in [6, 6.07) is 0.258. The topological polar surface area (TPSA) is 53.4 Å². The van der Waals surface area contributed by atoms with Crippen molar-refractivity contribution in [2.24, 2.45) is 0 Å². The van der Waals surface area contributed by atoms with E-state index in [0.717, 1.165) is 38.5 Å². The van der Waals surface area contributed by atoms with E-state index in [9.17, 15) is 5.11 Å². The first-order chi connectivity index (χ1) is 8.22. The highest BCUT2D eigenvalue weighted by molar-refractivity contribution is 7.71. The van der Waals surface area contributed by atoms with Gasteiger partial charge in [0, 0.05) is 31.9 Å². The van der Waals surface area contributed by atoms with E-state index in [1.54, 1.807) is 6.20 Å². The molecule has 1 aliphatic heterocycles. The number of aliphatic hydroxyl groups excluding tert-OH is 1. The summed E-state index contributed by atoms with van der Waals surface area (Å²) in [4.78, 5) is 5.35. The van der Waals surface area contributed by atoms with Gasteiger partial charge in [0.25, 0.3) is 0 Å². The van der Waals surface area contributed by atoms with Crippen LogP contribution >= 0.6 is 12.2 Å². The number of morpholine rings is 1. The molecule has 1 unspecified atom stereocenters. The normalized spacial score (nSPS) is 19.4. The third-order valence-electron chi connectivity index (χ3n) is 3.12. The van der Waals surface area contributed by atoms with Gasteiger partial charge in [-0.2, -0.15) is 0 Å². The Morgan fingerprint density at radius 2 is 2.24 bits per heavy atom. The van der Waals surface area contributed by atoms with Crippen molar-refractivity contribution in [2.45, 2.75) is 19.6 Å². The SMILES string of the molecule is CC(CN1CCOCC1)n1c(CO)c[nH]c1=S. The Morgan fingerprint density at radius 3 is 2.88 bits per heavy atom. The number of H-pyrrole nitrogens is 1. The molecule has 1 aliphatic rings. The number of hydrogen-bond acceptors (Lipinski definition) is 4. The third kappa shape index (κ3) is 2.95. The molecule has 0 saturated carbocycles. The van der Waals surface area contributed by atoms with Gasteiger partial charge in [-0.15, -0.1) is 0 Å². The summed E-state index contributed by atoms with van der Waals surface area (Å²) in [5.41, 5.74) is 0.843. The van der Waals surface area contributed by atoms with Crippen LogP contribution in [0.25, 0.3) is 0 Å². The van der Waals surface area contributed by atoms with Gasteiger partial charge in [-0.05, 0) is 19.1 Å². The molecule has 96 valence electrons. The Labute approximate surface area is 106 Å². The van der Waals surface area contributed by atoms with Gasteiger partial charge in [-0.3, -0.25) is 4.90 Å². The van der Waals surface area contributed by atoms with Crippen LogP contribution in [0.3, 0.4) is 0 Å². The van der Waals surface area contributed by atoms with E-state index in [2.05, 4.69) is 16.8 Å². The number of nitrogens with zero attached hydrogens (tertiary/aromatic N) is 2. The predicted molar refractivity (Wildman–Crippen MR) is 67.5 cm³/mol. The van der Waals surface area contributed by atoms with Gasteiger partial charge in [0.2, 0.25) is 0 Å². The number of ether oxygens (including phenoxy) is 1. The van der Waals surface area contributed by atoms with Crippen LogP contribution in [0.15, 0.2) is 6.20 Å². The highest BCUT2D eigenvalue weighted by Crippen LogP contribution is 2.14. The van der Waals surface area contributed by atoms with Crippen LogP contribution in [0.2, 0.25) is 0 Å². The average molecular weight is 257 g/mol. The van der Waals surface area contributed by atoms with Crippen molar-refractivity contribution in [3.05, 3.63) is 16.7 Å². The molecule has 0 radical (unpaired) electrons. The Bertz CT molecular complexity index is 409. The summed E-state index contributed by atoms with van der Waals surface area (Å²) in [6.45, 7) is 6.62. The minimum atomic E-state index is 0.0145. The van der Waals surface area contributed by atoms with E-state index in [1.165, 1.54) is 0 Å². The predicted octanol–water partition coefficient (Wildman–Crippen LogP) is 0.931. The minimum absolute atomic E-state index is 0.0145. The summed E-state index contributed by atoms with van der Waals surface area (Å²) < 4.78 is 7.99. The molecule has 0 bridgehead atoms. The molecule has 0 amide bonds. The maximum atomic E-state index is 9.27. The lowest BCUT2D eigenvalue weighted by molar-refractivity contribution is 0.0322. The van der Waals surface area contributed by atoms with Crippen molar-refractivity contribution in [3.8, 4) is 0 Å². The van der Waals surface area contributed by atoms with E-state index in [-0.39, 0.29) is 12.6 Å².